The van der Waals surface area contributed by atoms with E-state index in [1.165, 1.54) is 0 Å². The Bertz CT molecular complexity index is 784. The molecule has 0 aliphatic carbocycles. The van der Waals surface area contributed by atoms with E-state index in [0.717, 1.165) is 43.0 Å². The maximum Gasteiger partial charge on any atom is 0.261 e. The van der Waals surface area contributed by atoms with Crippen molar-refractivity contribution in [2.24, 2.45) is 0 Å². The number of carbonyl (C=O) groups excluding carboxylic acids is 1. The van der Waals surface area contributed by atoms with Crippen molar-refractivity contribution in [1.82, 2.24) is 10.2 Å². The molecule has 6 nitrogen and oxygen atoms in total. The van der Waals surface area contributed by atoms with Crippen molar-refractivity contribution in [3.05, 3.63) is 54.1 Å². The molecule has 1 N–H and O–H groups in total. The van der Waals surface area contributed by atoms with Crippen LogP contribution in [0.4, 0.5) is 0 Å². The third-order valence-corrected chi connectivity index (χ3v) is 5.36. The fraction of sp³-hybridized carbons (Fsp3) is 0.458. The second kappa shape index (κ2) is 10.9. The van der Waals surface area contributed by atoms with E-state index >= 15 is 0 Å². The van der Waals surface area contributed by atoms with Crippen LogP contribution >= 0.6 is 0 Å². The van der Waals surface area contributed by atoms with Gasteiger partial charge in [0.15, 0.2) is 6.10 Å². The third-order valence-electron chi connectivity index (χ3n) is 5.36. The predicted octanol–water partition coefficient (Wildman–Crippen LogP) is 3.64. The second-order valence-electron chi connectivity index (χ2n) is 7.67. The molecule has 2 aromatic rings. The standard InChI is InChI=1S/C24H32N2O4/c1-4-23(30-21-11-9-19(28-3)10-12-21)24(27)25-17-18-5-7-20(8-6-18)29-22-13-15-26(2)16-14-22/h5-12,22-23H,4,13-17H2,1-3H3,(H,25,27)/t23-/m0/s1. The van der Waals surface area contributed by atoms with Crippen molar-refractivity contribution in [2.75, 3.05) is 27.2 Å². The lowest BCUT2D eigenvalue weighted by Gasteiger charge is -2.29. The Kier molecular flexibility index (Phi) is 7.97. The summed E-state index contributed by atoms with van der Waals surface area (Å²) in [6, 6.07) is 15.2. The highest BCUT2D eigenvalue weighted by Gasteiger charge is 2.19. The molecule has 1 aliphatic rings. The normalized spacial score (nSPS) is 16.0. The number of carbonyl (C=O) groups is 1. The van der Waals surface area contributed by atoms with Gasteiger partial charge in [-0.2, -0.15) is 0 Å². The number of hydrogen-bond acceptors (Lipinski definition) is 5. The van der Waals surface area contributed by atoms with Crippen LogP contribution in [0, 0.1) is 0 Å². The van der Waals surface area contributed by atoms with Crippen LogP contribution < -0.4 is 19.5 Å². The first kappa shape index (κ1) is 22.0. The SMILES string of the molecule is CC[C@H](Oc1ccc(OC)cc1)C(=O)NCc1ccc(OC2CCN(C)CC2)cc1. The minimum atomic E-state index is -0.537. The molecule has 2 aromatic carbocycles. The van der Waals surface area contributed by atoms with Crippen molar-refractivity contribution in [3.63, 3.8) is 0 Å². The number of nitrogens with one attached hydrogen (secondary N) is 1. The summed E-state index contributed by atoms with van der Waals surface area (Å²) in [5.74, 6) is 2.16. The van der Waals surface area contributed by atoms with E-state index in [2.05, 4.69) is 17.3 Å². The molecule has 1 fully saturated rings. The molecule has 0 radical (unpaired) electrons. The molecule has 0 spiro atoms. The summed E-state index contributed by atoms with van der Waals surface area (Å²) in [7, 11) is 3.76. The second-order valence-corrected chi connectivity index (χ2v) is 7.67. The number of ether oxygens (including phenoxy) is 3. The van der Waals surface area contributed by atoms with Gasteiger partial charge >= 0.3 is 0 Å². The Morgan fingerprint density at radius 2 is 1.63 bits per heavy atom. The number of likely N-dealkylation sites (tertiary alicyclic amines) is 1. The Hall–Kier alpha value is -2.73. The maximum absolute atomic E-state index is 12.5. The number of benzene rings is 2. The molecule has 0 bridgehead atoms. The first-order valence-corrected chi connectivity index (χ1v) is 10.6. The fourth-order valence-electron chi connectivity index (χ4n) is 3.42. The van der Waals surface area contributed by atoms with Gasteiger partial charge in [-0.05, 0) is 68.3 Å². The summed E-state index contributed by atoms with van der Waals surface area (Å²) in [5, 5.41) is 2.96. The summed E-state index contributed by atoms with van der Waals surface area (Å²) in [6.45, 7) is 4.54. The molecule has 30 heavy (non-hydrogen) atoms. The average Bonchev–Trinajstić information content (AvgIpc) is 2.78. The molecule has 3 rings (SSSR count). The van der Waals surface area contributed by atoms with Gasteiger partial charge in [-0.1, -0.05) is 19.1 Å². The Labute approximate surface area is 179 Å². The van der Waals surface area contributed by atoms with Crippen LogP contribution in [0.3, 0.4) is 0 Å². The molecule has 162 valence electrons. The Balaban J connectivity index is 1.46. The predicted molar refractivity (Wildman–Crippen MR) is 117 cm³/mol. The van der Waals surface area contributed by atoms with Crippen molar-refractivity contribution in [1.29, 1.82) is 0 Å². The van der Waals surface area contributed by atoms with E-state index in [9.17, 15) is 4.79 Å². The molecule has 1 amide bonds. The van der Waals surface area contributed by atoms with Crippen LogP contribution in [0.1, 0.15) is 31.7 Å². The van der Waals surface area contributed by atoms with Crippen LogP contribution in [0.5, 0.6) is 17.2 Å². The van der Waals surface area contributed by atoms with Crippen LogP contribution in [0.25, 0.3) is 0 Å². The van der Waals surface area contributed by atoms with Crippen molar-refractivity contribution in [2.45, 2.75) is 44.9 Å². The van der Waals surface area contributed by atoms with Gasteiger partial charge in [0.25, 0.3) is 5.91 Å². The molecule has 0 aromatic heterocycles. The third kappa shape index (κ3) is 6.39. The lowest BCUT2D eigenvalue weighted by molar-refractivity contribution is -0.128. The highest BCUT2D eigenvalue weighted by molar-refractivity contribution is 5.81. The van der Waals surface area contributed by atoms with Crippen molar-refractivity contribution in [3.8, 4) is 17.2 Å². The van der Waals surface area contributed by atoms with E-state index in [-0.39, 0.29) is 12.0 Å². The van der Waals surface area contributed by atoms with Gasteiger partial charge in [-0.15, -0.1) is 0 Å². The van der Waals surface area contributed by atoms with Crippen LogP contribution in [-0.4, -0.2) is 50.3 Å². The molecule has 0 saturated carbocycles. The van der Waals surface area contributed by atoms with Crippen LogP contribution in [0.15, 0.2) is 48.5 Å². The molecule has 1 heterocycles. The lowest BCUT2D eigenvalue weighted by Crippen LogP contribution is -2.37. The quantitative estimate of drug-likeness (QED) is 0.681. The number of hydrogen-bond donors (Lipinski definition) is 1. The lowest BCUT2D eigenvalue weighted by atomic mass is 10.1. The number of methoxy groups -OCH3 is 1. The van der Waals surface area contributed by atoms with E-state index in [0.29, 0.717) is 18.7 Å². The zero-order valence-corrected chi connectivity index (χ0v) is 18.1. The number of piperidine rings is 1. The van der Waals surface area contributed by atoms with Gasteiger partial charge in [0.05, 0.1) is 7.11 Å². The van der Waals surface area contributed by atoms with E-state index in [4.69, 9.17) is 14.2 Å². The molecule has 6 heteroatoms. The van der Waals surface area contributed by atoms with Gasteiger partial charge in [-0.3, -0.25) is 4.79 Å². The van der Waals surface area contributed by atoms with Gasteiger partial charge in [-0.25, -0.2) is 0 Å². The smallest absolute Gasteiger partial charge is 0.261 e. The minimum Gasteiger partial charge on any atom is -0.497 e. The summed E-state index contributed by atoms with van der Waals surface area (Å²) >= 11 is 0. The highest BCUT2D eigenvalue weighted by Crippen LogP contribution is 2.20. The van der Waals surface area contributed by atoms with Crippen molar-refractivity contribution < 1.29 is 19.0 Å². The van der Waals surface area contributed by atoms with Crippen LogP contribution in [-0.2, 0) is 11.3 Å². The molecule has 1 aliphatic heterocycles. The molecule has 0 unspecified atom stereocenters. The molecule has 1 saturated heterocycles. The largest absolute Gasteiger partial charge is 0.497 e. The van der Waals surface area contributed by atoms with Gasteiger partial charge in [0.1, 0.15) is 23.4 Å². The van der Waals surface area contributed by atoms with Gasteiger partial charge < -0.3 is 24.4 Å². The topological polar surface area (TPSA) is 60.0 Å². The monoisotopic (exact) mass is 412 g/mol. The number of amides is 1. The summed E-state index contributed by atoms with van der Waals surface area (Å²) in [6.07, 6.45) is 2.45. The highest BCUT2D eigenvalue weighted by atomic mass is 16.5. The number of nitrogens with zero attached hydrogens (tertiary/aromatic N) is 1. The maximum atomic E-state index is 12.5. The first-order chi connectivity index (χ1) is 14.6. The van der Waals surface area contributed by atoms with E-state index < -0.39 is 6.10 Å². The zero-order chi connectivity index (χ0) is 21.3. The summed E-state index contributed by atoms with van der Waals surface area (Å²) in [5.41, 5.74) is 1.03. The summed E-state index contributed by atoms with van der Waals surface area (Å²) in [4.78, 5) is 14.9. The molecular formula is C24H32N2O4. The zero-order valence-electron chi connectivity index (χ0n) is 18.1. The number of rotatable bonds is 9. The molecule has 1 atom stereocenters. The Morgan fingerprint density at radius 3 is 2.23 bits per heavy atom. The van der Waals surface area contributed by atoms with E-state index in [1.807, 2.05) is 43.3 Å². The van der Waals surface area contributed by atoms with Gasteiger partial charge in [0, 0.05) is 19.6 Å². The summed E-state index contributed by atoms with van der Waals surface area (Å²) < 4.78 is 17.1. The Morgan fingerprint density at radius 1 is 1.03 bits per heavy atom. The first-order valence-electron chi connectivity index (χ1n) is 10.6. The van der Waals surface area contributed by atoms with Gasteiger partial charge in [0.2, 0.25) is 0 Å². The molecular weight excluding hydrogens is 380 g/mol. The minimum absolute atomic E-state index is 0.125. The van der Waals surface area contributed by atoms with E-state index in [1.54, 1.807) is 19.2 Å². The van der Waals surface area contributed by atoms with Crippen molar-refractivity contribution >= 4 is 5.91 Å². The fourth-order valence-corrected chi connectivity index (χ4v) is 3.42. The average molecular weight is 413 g/mol. The van der Waals surface area contributed by atoms with Crippen LogP contribution in [0.2, 0.25) is 0 Å².